The maximum absolute atomic E-state index is 10.4. The first-order valence-electron chi connectivity index (χ1n) is 4.80. The fourth-order valence-electron chi connectivity index (χ4n) is 1.12. The number of allylic oxidation sites excluding steroid dienone is 1. The molecule has 0 spiro atoms. The number of aliphatic hydroxyl groups excluding tert-OH is 1. The average Bonchev–Trinajstić information content (AvgIpc) is 2.28. The summed E-state index contributed by atoms with van der Waals surface area (Å²) in [4.78, 5) is 11.1. The van der Waals surface area contributed by atoms with Crippen LogP contribution in [0.4, 0.5) is 0 Å². The summed E-state index contributed by atoms with van der Waals surface area (Å²) in [5, 5.41) is 19.1. The summed E-state index contributed by atoms with van der Waals surface area (Å²) in [5.74, 6) is 0.656. The quantitative estimate of drug-likeness (QED) is 0.487. The molecular weight excluding hydrogens is 226 g/mol. The van der Waals surface area contributed by atoms with Crippen LogP contribution in [0.15, 0.2) is 34.9 Å². The van der Waals surface area contributed by atoms with Gasteiger partial charge in [0.2, 0.25) is 5.70 Å². The van der Waals surface area contributed by atoms with Crippen LogP contribution in [0.2, 0.25) is 0 Å². The molecule has 0 atom stereocenters. The second-order valence-electron chi connectivity index (χ2n) is 3.18. The van der Waals surface area contributed by atoms with Crippen molar-refractivity contribution in [1.82, 2.24) is 0 Å². The SMILES string of the molecule is C/C(=C/c1ccc(SCCO)cc1)[N+](=O)[O-]. The van der Waals surface area contributed by atoms with Crippen LogP contribution in [-0.4, -0.2) is 22.4 Å². The first kappa shape index (κ1) is 12.7. The third-order valence-corrected chi connectivity index (χ3v) is 2.90. The molecule has 0 fully saturated rings. The summed E-state index contributed by atoms with van der Waals surface area (Å²) in [6.07, 6.45) is 1.53. The van der Waals surface area contributed by atoms with E-state index in [0.717, 1.165) is 10.5 Å². The fraction of sp³-hybridized carbons (Fsp3) is 0.273. The van der Waals surface area contributed by atoms with Crippen LogP contribution in [0.3, 0.4) is 0 Å². The van der Waals surface area contributed by atoms with Crippen LogP contribution in [0.1, 0.15) is 12.5 Å². The van der Waals surface area contributed by atoms with E-state index in [9.17, 15) is 10.1 Å². The molecule has 0 bridgehead atoms. The van der Waals surface area contributed by atoms with Gasteiger partial charge in [-0.15, -0.1) is 11.8 Å². The van der Waals surface area contributed by atoms with Gasteiger partial charge in [-0.1, -0.05) is 12.1 Å². The largest absolute Gasteiger partial charge is 0.396 e. The number of benzene rings is 1. The van der Waals surface area contributed by atoms with Gasteiger partial charge < -0.3 is 5.11 Å². The van der Waals surface area contributed by atoms with E-state index in [2.05, 4.69) is 0 Å². The van der Waals surface area contributed by atoms with Gasteiger partial charge in [0.05, 0.1) is 11.5 Å². The second kappa shape index (κ2) is 6.30. The van der Waals surface area contributed by atoms with Gasteiger partial charge in [0.25, 0.3) is 0 Å². The number of aliphatic hydroxyl groups is 1. The first-order chi connectivity index (χ1) is 7.63. The molecule has 16 heavy (non-hydrogen) atoms. The van der Waals surface area contributed by atoms with Gasteiger partial charge in [0, 0.05) is 23.6 Å². The summed E-state index contributed by atoms with van der Waals surface area (Å²) in [6.45, 7) is 1.61. The Morgan fingerprint density at radius 1 is 1.50 bits per heavy atom. The van der Waals surface area contributed by atoms with Gasteiger partial charge in [0.15, 0.2) is 0 Å². The van der Waals surface area contributed by atoms with E-state index in [1.165, 1.54) is 13.0 Å². The smallest absolute Gasteiger partial charge is 0.243 e. The lowest BCUT2D eigenvalue weighted by atomic mass is 10.2. The van der Waals surface area contributed by atoms with E-state index >= 15 is 0 Å². The molecule has 4 nitrogen and oxygen atoms in total. The summed E-state index contributed by atoms with van der Waals surface area (Å²) in [6, 6.07) is 7.43. The molecule has 1 aromatic carbocycles. The third-order valence-electron chi connectivity index (χ3n) is 1.90. The normalized spacial score (nSPS) is 11.5. The lowest BCUT2D eigenvalue weighted by Crippen LogP contribution is -1.92. The van der Waals surface area contributed by atoms with Gasteiger partial charge >= 0.3 is 0 Å². The highest BCUT2D eigenvalue weighted by atomic mass is 32.2. The molecule has 1 N–H and O–H groups in total. The standard InChI is InChI=1S/C11H13NO3S/c1-9(12(14)15)8-10-2-4-11(5-3-10)16-7-6-13/h2-5,8,13H,6-7H2,1H3/b9-8-. The Hall–Kier alpha value is -1.33. The topological polar surface area (TPSA) is 63.4 Å². The van der Waals surface area contributed by atoms with Crippen molar-refractivity contribution < 1.29 is 10.0 Å². The molecule has 0 aliphatic heterocycles. The van der Waals surface area contributed by atoms with Crippen molar-refractivity contribution in [3.8, 4) is 0 Å². The van der Waals surface area contributed by atoms with Crippen molar-refractivity contribution in [1.29, 1.82) is 0 Å². The van der Waals surface area contributed by atoms with Gasteiger partial charge in [-0.05, 0) is 17.7 Å². The van der Waals surface area contributed by atoms with Crippen molar-refractivity contribution in [2.24, 2.45) is 0 Å². The molecule has 0 radical (unpaired) electrons. The number of hydrogen-bond acceptors (Lipinski definition) is 4. The van der Waals surface area contributed by atoms with Crippen LogP contribution < -0.4 is 0 Å². The maximum Gasteiger partial charge on any atom is 0.243 e. The van der Waals surface area contributed by atoms with E-state index in [4.69, 9.17) is 5.11 Å². The van der Waals surface area contributed by atoms with Crippen LogP contribution >= 0.6 is 11.8 Å². The molecular formula is C11H13NO3S. The molecule has 0 heterocycles. The van der Waals surface area contributed by atoms with Crippen molar-refractivity contribution >= 4 is 17.8 Å². The Bertz CT molecular complexity index is 387. The first-order valence-corrected chi connectivity index (χ1v) is 5.78. The fourth-order valence-corrected chi connectivity index (χ4v) is 1.77. The zero-order chi connectivity index (χ0) is 12.0. The molecule has 0 aromatic heterocycles. The molecule has 86 valence electrons. The highest BCUT2D eigenvalue weighted by Crippen LogP contribution is 2.18. The summed E-state index contributed by atoms with van der Waals surface area (Å²) in [7, 11) is 0. The second-order valence-corrected chi connectivity index (χ2v) is 4.35. The van der Waals surface area contributed by atoms with Crippen LogP contribution in [0.25, 0.3) is 6.08 Å². The Kier molecular flexibility index (Phi) is 5.01. The van der Waals surface area contributed by atoms with Gasteiger partial charge in [0.1, 0.15) is 0 Å². The predicted molar refractivity (Wildman–Crippen MR) is 64.9 cm³/mol. The van der Waals surface area contributed by atoms with Crippen LogP contribution in [0, 0.1) is 10.1 Å². The predicted octanol–water partition coefficient (Wildman–Crippen LogP) is 2.41. The van der Waals surface area contributed by atoms with E-state index in [1.54, 1.807) is 11.8 Å². The minimum absolute atomic E-state index is 0.121. The van der Waals surface area contributed by atoms with Crippen molar-refractivity contribution in [2.75, 3.05) is 12.4 Å². The monoisotopic (exact) mass is 239 g/mol. The van der Waals surface area contributed by atoms with Crippen molar-refractivity contribution in [3.05, 3.63) is 45.6 Å². The third kappa shape index (κ3) is 4.04. The lowest BCUT2D eigenvalue weighted by molar-refractivity contribution is -0.422. The van der Waals surface area contributed by atoms with Gasteiger partial charge in [-0.2, -0.15) is 0 Å². The highest BCUT2D eigenvalue weighted by molar-refractivity contribution is 7.99. The molecule has 0 aliphatic carbocycles. The van der Waals surface area contributed by atoms with E-state index in [1.807, 2.05) is 24.3 Å². The van der Waals surface area contributed by atoms with Gasteiger partial charge in [-0.3, -0.25) is 10.1 Å². The van der Waals surface area contributed by atoms with Crippen molar-refractivity contribution in [2.45, 2.75) is 11.8 Å². The number of hydrogen-bond donors (Lipinski definition) is 1. The molecule has 0 aliphatic rings. The zero-order valence-corrected chi connectivity index (χ0v) is 9.74. The number of thioether (sulfide) groups is 1. The Labute approximate surface area is 98.1 Å². The Morgan fingerprint density at radius 2 is 2.12 bits per heavy atom. The molecule has 5 heteroatoms. The number of nitrogens with zero attached hydrogens (tertiary/aromatic N) is 1. The van der Waals surface area contributed by atoms with E-state index in [-0.39, 0.29) is 12.3 Å². The number of rotatable bonds is 5. The summed E-state index contributed by atoms with van der Waals surface area (Å²) >= 11 is 1.55. The Balaban J connectivity index is 2.71. The lowest BCUT2D eigenvalue weighted by Gasteiger charge is -1.99. The molecule has 0 saturated carbocycles. The molecule has 0 amide bonds. The van der Waals surface area contributed by atoms with Crippen LogP contribution in [-0.2, 0) is 0 Å². The molecule has 1 aromatic rings. The Morgan fingerprint density at radius 3 is 2.62 bits per heavy atom. The summed E-state index contributed by atoms with van der Waals surface area (Å²) < 4.78 is 0. The highest BCUT2D eigenvalue weighted by Gasteiger charge is 2.01. The van der Waals surface area contributed by atoms with Gasteiger partial charge in [-0.25, -0.2) is 0 Å². The summed E-state index contributed by atoms with van der Waals surface area (Å²) in [5.41, 5.74) is 0.929. The maximum atomic E-state index is 10.4. The van der Waals surface area contributed by atoms with E-state index < -0.39 is 4.92 Å². The average molecular weight is 239 g/mol. The molecule has 0 unspecified atom stereocenters. The molecule has 0 saturated heterocycles. The number of nitro groups is 1. The van der Waals surface area contributed by atoms with Crippen molar-refractivity contribution in [3.63, 3.8) is 0 Å². The van der Waals surface area contributed by atoms with Crippen LogP contribution in [0.5, 0.6) is 0 Å². The minimum atomic E-state index is -0.408. The zero-order valence-electron chi connectivity index (χ0n) is 8.92. The van der Waals surface area contributed by atoms with E-state index in [0.29, 0.717) is 5.75 Å². The minimum Gasteiger partial charge on any atom is -0.396 e. The molecule has 1 rings (SSSR count).